The Kier molecular flexibility index (Phi) is 8.68. The van der Waals surface area contributed by atoms with E-state index >= 15 is 0 Å². The van der Waals surface area contributed by atoms with Crippen LogP contribution < -0.4 is 21.1 Å². The molecule has 0 unspecified atom stereocenters. The molecule has 0 aromatic heterocycles. The van der Waals surface area contributed by atoms with Crippen molar-refractivity contribution in [2.45, 2.75) is 12.8 Å². The van der Waals surface area contributed by atoms with Gasteiger partial charge in [0.25, 0.3) is 5.91 Å². The minimum absolute atomic E-state index is 0. The highest BCUT2D eigenvalue weighted by Gasteiger charge is 2.38. The minimum atomic E-state index is -0.543. The number of hydrogen-bond acceptors (Lipinski definition) is 5. The van der Waals surface area contributed by atoms with Crippen molar-refractivity contribution >= 4 is 24.2 Å². The summed E-state index contributed by atoms with van der Waals surface area (Å²) in [5.41, 5.74) is 5.80. The van der Waals surface area contributed by atoms with Gasteiger partial charge in [-0.05, 0) is 37.1 Å². The molecule has 140 valence electrons. The van der Waals surface area contributed by atoms with Gasteiger partial charge in [-0.1, -0.05) is 0 Å². The maximum atomic E-state index is 12.4. The Bertz CT molecular complexity index is 560. The molecule has 8 heteroatoms. The van der Waals surface area contributed by atoms with E-state index < -0.39 is 5.41 Å². The predicted molar refractivity (Wildman–Crippen MR) is 97.1 cm³/mol. The molecule has 0 bridgehead atoms. The van der Waals surface area contributed by atoms with Crippen LogP contribution in [0.15, 0.2) is 24.3 Å². The zero-order valence-electron chi connectivity index (χ0n) is 14.4. The lowest BCUT2D eigenvalue weighted by atomic mass is 9.79. The van der Waals surface area contributed by atoms with Gasteiger partial charge in [-0.3, -0.25) is 9.59 Å². The van der Waals surface area contributed by atoms with Crippen LogP contribution in [0, 0.1) is 5.41 Å². The lowest BCUT2D eigenvalue weighted by Crippen LogP contribution is -2.50. The molecule has 1 fully saturated rings. The normalized spacial score (nSPS) is 15.6. The minimum Gasteiger partial charge on any atom is -0.497 e. The van der Waals surface area contributed by atoms with Gasteiger partial charge in [-0.2, -0.15) is 0 Å². The smallest absolute Gasteiger partial charge is 0.251 e. The summed E-state index contributed by atoms with van der Waals surface area (Å²) in [7, 11) is 1.57. The number of amides is 2. The molecule has 25 heavy (non-hydrogen) atoms. The Morgan fingerprint density at radius 1 is 1.16 bits per heavy atom. The molecule has 1 heterocycles. The summed E-state index contributed by atoms with van der Waals surface area (Å²) < 4.78 is 10.4. The van der Waals surface area contributed by atoms with E-state index in [1.165, 1.54) is 0 Å². The van der Waals surface area contributed by atoms with Crippen molar-refractivity contribution < 1.29 is 19.1 Å². The van der Waals surface area contributed by atoms with E-state index in [2.05, 4.69) is 10.6 Å². The van der Waals surface area contributed by atoms with Gasteiger partial charge in [0.2, 0.25) is 5.91 Å². The SMILES string of the molecule is COc1ccc(C(=O)NCCNC(=O)C2(CN)CCOCC2)cc1.Cl. The largest absolute Gasteiger partial charge is 0.497 e. The van der Waals surface area contributed by atoms with E-state index in [0.717, 1.165) is 0 Å². The van der Waals surface area contributed by atoms with Crippen molar-refractivity contribution in [3.05, 3.63) is 29.8 Å². The average molecular weight is 372 g/mol. The van der Waals surface area contributed by atoms with Crippen molar-refractivity contribution in [1.82, 2.24) is 10.6 Å². The summed E-state index contributed by atoms with van der Waals surface area (Å²) in [6.45, 7) is 2.13. The van der Waals surface area contributed by atoms with E-state index in [1.54, 1.807) is 31.4 Å². The summed E-state index contributed by atoms with van der Waals surface area (Å²) >= 11 is 0. The number of hydrogen-bond donors (Lipinski definition) is 3. The Balaban J connectivity index is 0.00000312. The standard InChI is InChI=1S/C17H25N3O4.ClH/c1-23-14-4-2-13(3-5-14)15(21)19-8-9-20-16(22)17(12-18)6-10-24-11-7-17;/h2-5H,6-12,18H2,1H3,(H,19,21)(H,20,22);1H. The number of rotatable bonds is 7. The quantitative estimate of drug-likeness (QED) is 0.613. The first-order valence-electron chi connectivity index (χ1n) is 8.10. The lowest BCUT2D eigenvalue weighted by molar-refractivity contribution is -0.135. The molecule has 0 saturated carbocycles. The highest BCUT2D eigenvalue weighted by Crippen LogP contribution is 2.29. The van der Waals surface area contributed by atoms with E-state index in [0.29, 0.717) is 57.0 Å². The van der Waals surface area contributed by atoms with E-state index in [9.17, 15) is 9.59 Å². The fourth-order valence-corrected chi connectivity index (χ4v) is 2.67. The fourth-order valence-electron chi connectivity index (χ4n) is 2.67. The summed E-state index contributed by atoms with van der Waals surface area (Å²) in [4.78, 5) is 24.4. The second kappa shape index (κ2) is 10.2. The molecule has 4 N–H and O–H groups in total. The van der Waals surface area contributed by atoms with Gasteiger partial charge in [0, 0.05) is 38.4 Å². The Labute approximate surface area is 154 Å². The first-order valence-corrected chi connectivity index (χ1v) is 8.10. The van der Waals surface area contributed by atoms with E-state index in [1.807, 2.05) is 0 Å². The highest BCUT2D eigenvalue weighted by atomic mass is 35.5. The molecule has 2 rings (SSSR count). The molecule has 0 spiro atoms. The van der Waals surface area contributed by atoms with Crippen molar-refractivity contribution in [3.63, 3.8) is 0 Å². The van der Waals surface area contributed by atoms with Gasteiger partial charge in [-0.25, -0.2) is 0 Å². The van der Waals surface area contributed by atoms with Gasteiger partial charge in [0.1, 0.15) is 5.75 Å². The lowest BCUT2D eigenvalue weighted by Gasteiger charge is -2.34. The molecule has 2 amide bonds. The number of methoxy groups -OCH3 is 1. The molecule has 0 atom stereocenters. The molecule has 1 aromatic carbocycles. The summed E-state index contributed by atoms with van der Waals surface area (Å²) in [5, 5.41) is 5.63. The molecule has 0 aliphatic carbocycles. The number of carbonyl (C=O) groups excluding carboxylic acids is 2. The van der Waals surface area contributed by atoms with E-state index in [-0.39, 0.29) is 24.2 Å². The zero-order chi connectivity index (χ0) is 17.4. The summed E-state index contributed by atoms with van der Waals surface area (Å²) in [5.74, 6) is 0.445. The second-order valence-corrected chi connectivity index (χ2v) is 5.84. The van der Waals surface area contributed by atoms with Crippen LogP contribution in [0.3, 0.4) is 0 Å². The molecule has 0 radical (unpaired) electrons. The fraction of sp³-hybridized carbons (Fsp3) is 0.529. The molecular weight excluding hydrogens is 346 g/mol. The summed E-state index contributed by atoms with van der Waals surface area (Å²) in [6, 6.07) is 6.84. The Morgan fingerprint density at radius 3 is 2.32 bits per heavy atom. The zero-order valence-corrected chi connectivity index (χ0v) is 15.2. The van der Waals surface area contributed by atoms with Crippen LogP contribution in [-0.2, 0) is 9.53 Å². The Morgan fingerprint density at radius 2 is 1.76 bits per heavy atom. The first-order chi connectivity index (χ1) is 11.6. The van der Waals surface area contributed by atoms with Crippen LogP contribution in [0.4, 0.5) is 0 Å². The van der Waals surface area contributed by atoms with Crippen molar-refractivity contribution in [2.24, 2.45) is 11.1 Å². The van der Waals surface area contributed by atoms with Gasteiger partial charge in [0.05, 0.1) is 12.5 Å². The second-order valence-electron chi connectivity index (χ2n) is 5.84. The van der Waals surface area contributed by atoms with Crippen molar-refractivity contribution in [3.8, 4) is 5.75 Å². The van der Waals surface area contributed by atoms with Crippen LogP contribution >= 0.6 is 12.4 Å². The van der Waals surface area contributed by atoms with Crippen LogP contribution in [0.1, 0.15) is 23.2 Å². The number of ether oxygens (including phenoxy) is 2. The number of halogens is 1. The van der Waals surface area contributed by atoms with Gasteiger partial charge in [0.15, 0.2) is 0 Å². The van der Waals surface area contributed by atoms with Crippen LogP contribution in [0.25, 0.3) is 0 Å². The molecule has 1 aromatic rings. The molecule has 1 aliphatic rings. The van der Waals surface area contributed by atoms with Crippen LogP contribution in [0.5, 0.6) is 5.75 Å². The molecule has 7 nitrogen and oxygen atoms in total. The Hall–Kier alpha value is -1.83. The van der Waals surface area contributed by atoms with Crippen molar-refractivity contribution in [1.29, 1.82) is 0 Å². The van der Waals surface area contributed by atoms with Gasteiger partial charge < -0.3 is 25.8 Å². The number of nitrogens with one attached hydrogen (secondary N) is 2. The average Bonchev–Trinajstić information content (AvgIpc) is 2.65. The highest BCUT2D eigenvalue weighted by molar-refractivity contribution is 5.94. The van der Waals surface area contributed by atoms with Gasteiger partial charge in [-0.15, -0.1) is 12.4 Å². The van der Waals surface area contributed by atoms with Crippen molar-refractivity contribution in [2.75, 3.05) is 40.0 Å². The topological polar surface area (TPSA) is 103 Å². The monoisotopic (exact) mass is 371 g/mol. The maximum absolute atomic E-state index is 12.4. The first kappa shape index (κ1) is 21.2. The predicted octanol–water partition coefficient (Wildman–Crippen LogP) is 0.719. The third-order valence-electron chi connectivity index (χ3n) is 4.37. The third kappa shape index (κ3) is 5.59. The van der Waals surface area contributed by atoms with Gasteiger partial charge >= 0.3 is 0 Å². The molecular formula is C17H26ClN3O4. The van der Waals surface area contributed by atoms with Crippen LogP contribution in [-0.4, -0.2) is 51.8 Å². The maximum Gasteiger partial charge on any atom is 0.251 e. The number of carbonyl (C=O) groups is 2. The molecule has 1 saturated heterocycles. The van der Waals surface area contributed by atoms with Crippen LogP contribution in [0.2, 0.25) is 0 Å². The third-order valence-corrected chi connectivity index (χ3v) is 4.37. The van der Waals surface area contributed by atoms with E-state index in [4.69, 9.17) is 15.2 Å². The number of nitrogens with two attached hydrogens (primary N) is 1. The molecule has 1 aliphatic heterocycles. The number of benzene rings is 1. The summed E-state index contributed by atoms with van der Waals surface area (Å²) in [6.07, 6.45) is 1.26.